The highest BCUT2D eigenvalue weighted by molar-refractivity contribution is 6.30. The van der Waals surface area contributed by atoms with Crippen molar-refractivity contribution in [2.24, 2.45) is 0 Å². The Bertz CT molecular complexity index is 992. The van der Waals surface area contributed by atoms with Crippen molar-refractivity contribution in [3.63, 3.8) is 0 Å². The van der Waals surface area contributed by atoms with Gasteiger partial charge in [-0.1, -0.05) is 41.0 Å². The number of aromatic nitrogens is 2. The third-order valence-corrected chi connectivity index (χ3v) is 4.97. The van der Waals surface area contributed by atoms with Gasteiger partial charge in [0.15, 0.2) is 0 Å². The zero-order valence-electron chi connectivity index (χ0n) is 14.7. The van der Waals surface area contributed by atoms with Crippen molar-refractivity contribution in [3.8, 4) is 11.4 Å². The van der Waals surface area contributed by atoms with Crippen LogP contribution < -0.4 is 0 Å². The zero-order chi connectivity index (χ0) is 19.7. The summed E-state index contributed by atoms with van der Waals surface area (Å²) in [5, 5.41) is 25.8. The lowest BCUT2D eigenvalue weighted by Crippen LogP contribution is -2.24. The highest BCUT2D eigenvalue weighted by Gasteiger charge is 2.36. The van der Waals surface area contributed by atoms with Gasteiger partial charge in [0.25, 0.3) is 5.69 Å². The maximum absolute atomic E-state index is 11.0. The summed E-state index contributed by atoms with van der Waals surface area (Å²) in [5.41, 5.74) is 1.53. The van der Waals surface area contributed by atoms with E-state index in [1.807, 2.05) is 24.3 Å². The van der Waals surface area contributed by atoms with Crippen molar-refractivity contribution < 1.29 is 14.6 Å². The molecule has 0 aliphatic carbocycles. The van der Waals surface area contributed by atoms with Gasteiger partial charge in [0.1, 0.15) is 0 Å². The number of rotatable bonds is 5. The monoisotopic (exact) mass is 400 g/mol. The number of nitro benzene ring substituents is 1. The number of aliphatic hydroxyl groups excluding tert-OH is 1. The van der Waals surface area contributed by atoms with Crippen molar-refractivity contribution >= 4 is 17.3 Å². The number of nitrogens with zero attached hydrogens (tertiary/aromatic N) is 4. The maximum atomic E-state index is 11.0. The number of β-amino-alcohol motifs (C(OH)–C–C–N with tert-alkyl or cyclic N) is 1. The Labute approximate surface area is 165 Å². The van der Waals surface area contributed by atoms with Gasteiger partial charge >= 0.3 is 0 Å². The van der Waals surface area contributed by atoms with Crippen LogP contribution in [0.3, 0.4) is 0 Å². The van der Waals surface area contributed by atoms with E-state index < -0.39 is 11.0 Å². The second-order valence-electron chi connectivity index (χ2n) is 6.72. The van der Waals surface area contributed by atoms with Crippen LogP contribution in [0.4, 0.5) is 5.69 Å². The van der Waals surface area contributed by atoms with Crippen molar-refractivity contribution in [2.75, 3.05) is 6.54 Å². The van der Waals surface area contributed by atoms with E-state index in [9.17, 15) is 15.2 Å². The molecule has 1 saturated heterocycles. The molecule has 144 valence electrons. The van der Waals surface area contributed by atoms with Crippen LogP contribution in [0, 0.1) is 10.1 Å². The number of hydrogen-bond acceptors (Lipinski definition) is 7. The number of non-ortho nitro benzene ring substituents is 1. The van der Waals surface area contributed by atoms with Gasteiger partial charge in [-0.3, -0.25) is 15.0 Å². The number of benzene rings is 2. The summed E-state index contributed by atoms with van der Waals surface area (Å²) in [6.45, 7) is 1.09. The van der Waals surface area contributed by atoms with E-state index in [-0.39, 0.29) is 17.6 Å². The third kappa shape index (κ3) is 3.89. The largest absolute Gasteiger partial charge is 0.392 e. The fourth-order valence-corrected chi connectivity index (χ4v) is 3.51. The molecule has 28 heavy (non-hydrogen) atoms. The molecule has 1 aromatic heterocycles. The first-order valence-corrected chi connectivity index (χ1v) is 9.12. The van der Waals surface area contributed by atoms with Crippen LogP contribution >= 0.6 is 11.6 Å². The van der Waals surface area contributed by atoms with Crippen LogP contribution in [0.15, 0.2) is 53.1 Å². The lowest BCUT2D eigenvalue weighted by atomic mass is 10.1. The number of nitro groups is 1. The summed E-state index contributed by atoms with van der Waals surface area (Å²) in [6, 6.07) is 13.4. The summed E-state index contributed by atoms with van der Waals surface area (Å²) in [7, 11) is 0. The quantitative estimate of drug-likeness (QED) is 0.515. The Morgan fingerprint density at radius 1 is 1.29 bits per heavy atom. The van der Waals surface area contributed by atoms with Crippen LogP contribution in [0.5, 0.6) is 0 Å². The van der Waals surface area contributed by atoms with E-state index >= 15 is 0 Å². The van der Waals surface area contributed by atoms with E-state index in [1.54, 1.807) is 12.1 Å². The van der Waals surface area contributed by atoms with Gasteiger partial charge in [0, 0.05) is 35.8 Å². The van der Waals surface area contributed by atoms with E-state index in [4.69, 9.17) is 16.1 Å². The minimum absolute atomic E-state index is 0.0375. The maximum Gasteiger partial charge on any atom is 0.270 e. The molecule has 0 radical (unpaired) electrons. The number of hydrogen-bond donors (Lipinski definition) is 1. The molecular weight excluding hydrogens is 384 g/mol. The van der Waals surface area contributed by atoms with E-state index in [0.29, 0.717) is 36.0 Å². The van der Waals surface area contributed by atoms with E-state index in [1.165, 1.54) is 12.1 Å². The molecule has 1 aliphatic heterocycles. The Kier molecular flexibility index (Phi) is 5.08. The zero-order valence-corrected chi connectivity index (χ0v) is 15.5. The molecule has 1 aliphatic rings. The molecule has 0 amide bonds. The van der Waals surface area contributed by atoms with Gasteiger partial charge in [-0.05, 0) is 24.1 Å². The molecular formula is C19H17ClN4O4. The van der Waals surface area contributed by atoms with Gasteiger partial charge in [0.05, 0.1) is 17.1 Å². The van der Waals surface area contributed by atoms with Gasteiger partial charge in [-0.15, -0.1) is 0 Å². The fourth-order valence-electron chi connectivity index (χ4n) is 3.38. The minimum atomic E-state index is -0.495. The van der Waals surface area contributed by atoms with Crippen LogP contribution in [0.25, 0.3) is 11.4 Å². The first kappa shape index (κ1) is 18.5. The molecule has 1 fully saturated rings. The molecule has 0 saturated carbocycles. The van der Waals surface area contributed by atoms with Crippen molar-refractivity contribution in [3.05, 3.63) is 75.1 Å². The van der Waals surface area contributed by atoms with Crippen LogP contribution in [0.1, 0.15) is 23.9 Å². The average molecular weight is 401 g/mol. The third-order valence-electron chi connectivity index (χ3n) is 4.72. The van der Waals surface area contributed by atoms with E-state index in [0.717, 1.165) is 5.56 Å². The first-order valence-electron chi connectivity index (χ1n) is 8.74. The molecule has 9 heteroatoms. The van der Waals surface area contributed by atoms with Gasteiger partial charge in [-0.25, -0.2) is 0 Å². The van der Waals surface area contributed by atoms with Crippen LogP contribution in [-0.2, 0) is 6.54 Å². The Morgan fingerprint density at radius 2 is 2.07 bits per heavy atom. The topological polar surface area (TPSA) is 106 Å². The van der Waals surface area contributed by atoms with Crippen molar-refractivity contribution in [2.45, 2.75) is 25.1 Å². The fraction of sp³-hybridized carbons (Fsp3) is 0.263. The smallest absolute Gasteiger partial charge is 0.270 e. The molecule has 8 nitrogen and oxygen atoms in total. The Hall–Kier alpha value is -2.81. The molecule has 0 unspecified atom stereocenters. The first-order chi connectivity index (χ1) is 13.5. The van der Waals surface area contributed by atoms with Gasteiger partial charge in [-0.2, -0.15) is 4.98 Å². The predicted octanol–water partition coefficient (Wildman–Crippen LogP) is 3.61. The lowest BCUT2D eigenvalue weighted by Gasteiger charge is -2.21. The highest BCUT2D eigenvalue weighted by atomic mass is 35.5. The summed E-state index contributed by atoms with van der Waals surface area (Å²) in [6.07, 6.45) is -0.0186. The average Bonchev–Trinajstić information content (AvgIpc) is 3.30. The van der Waals surface area contributed by atoms with Gasteiger partial charge < -0.3 is 9.63 Å². The molecule has 0 spiro atoms. The number of likely N-dealkylation sites (tertiary alicyclic amines) is 1. The standard InChI is InChI=1S/C19H17ClN4O4/c20-14-6-4-12(5-7-14)10-23-11-16(25)9-17(23)19-21-18(22-28-19)13-2-1-3-15(8-13)24(26)27/h1-8,16-17,25H,9-11H2/t16-,17+/m1/s1. The second kappa shape index (κ2) is 7.67. The Morgan fingerprint density at radius 3 is 2.82 bits per heavy atom. The predicted molar refractivity (Wildman–Crippen MR) is 102 cm³/mol. The molecule has 1 N–H and O–H groups in total. The highest BCUT2D eigenvalue weighted by Crippen LogP contribution is 2.34. The summed E-state index contributed by atoms with van der Waals surface area (Å²) < 4.78 is 5.43. The lowest BCUT2D eigenvalue weighted by molar-refractivity contribution is -0.384. The molecule has 3 aromatic rings. The molecule has 2 heterocycles. The van der Waals surface area contributed by atoms with Crippen LogP contribution in [0.2, 0.25) is 5.02 Å². The molecule has 0 bridgehead atoms. The van der Waals surface area contributed by atoms with Gasteiger partial charge in [0.2, 0.25) is 11.7 Å². The van der Waals surface area contributed by atoms with Crippen molar-refractivity contribution in [1.82, 2.24) is 15.0 Å². The number of halogens is 1. The van der Waals surface area contributed by atoms with Crippen LogP contribution in [-0.4, -0.2) is 37.7 Å². The SMILES string of the molecule is O=[N+]([O-])c1cccc(-c2noc([C@@H]3C[C@@H](O)CN3Cc3ccc(Cl)cc3)n2)c1. The Balaban J connectivity index is 1.56. The summed E-state index contributed by atoms with van der Waals surface area (Å²) in [5.74, 6) is 0.665. The summed E-state index contributed by atoms with van der Waals surface area (Å²) >= 11 is 5.94. The second-order valence-corrected chi connectivity index (χ2v) is 7.16. The number of aliphatic hydroxyl groups is 1. The normalized spacial score (nSPS) is 19.8. The molecule has 2 aromatic carbocycles. The van der Waals surface area contributed by atoms with Crippen molar-refractivity contribution in [1.29, 1.82) is 0 Å². The molecule has 4 rings (SSSR count). The summed E-state index contributed by atoms with van der Waals surface area (Å²) in [4.78, 5) is 17.0. The van der Waals surface area contributed by atoms with E-state index in [2.05, 4.69) is 15.0 Å². The molecule has 2 atom stereocenters. The minimum Gasteiger partial charge on any atom is -0.392 e.